The number of fused-ring (bicyclic) bond motifs is 2. The summed E-state index contributed by atoms with van der Waals surface area (Å²) in [6, 6.07) is 10.7. The lowest BCUT2D eigenvalue weighted by atomic mass is 10.1. The van der Waals surface area contributed by atoms with E-state index in [2.05, 4.69) is 47.9 Å². The molecule has 0 spiro atoms. The van der Waals surface area contributed by atoms with Crippen molar-refractivity contribution in [3.8, 4) is 11.5 Å². The van der Waals surface area contributed by atoms with Gasteiger partial charge in [-0.05, 0) is 48.7 Å². The topological polar surface area (TPSA) is 37.8 Å². The van der Waals surface area contributed by atoms with Crippen molar-refractivity contribution in [1.29, 1.82) is 0 Å². The van der Waals surface area contributed by atoms with Crippen LogP contribution in [0.15, 0.2) is 30.3 Å². The Morgan fingerprint density at radius 2 is 1.81 bits per heavy atom. The van der Waals surface area contributed by atoms with Gasteiger partial charge in [0.15, 0.2) is 16.6 Å². The first-order valence-electron chi connectivity index (χ1n) is 9.39. The first-order chi connectivity index (χ1) is 13.2. The summed E-state index contributed by atoms with van der Waals surface area (Å²) in [5.41, 5.74) is 5.01. The summed E-state index contributed by atoms with van der Waals surface area (Å²) in [6.07, 6.45) is 0. The maximum atomic E-state index is 5.49. The highest BCUT2D eigenvalue weighted by atomic mass is 32.1. The number of ether oxygens (including phenoxy) is 2. The number of hydrogen-bond acceptors (Lipinski definition) is 6. The van der Waals surface area contributed by atoms with E-state index in [0.29, 0.717) is 6.79 Å². The van der Waals surface area contributed by atoms with Crippen LogP contribution in [0.4, 0.5) is 5.13 Å². The largest absolute Gasteiger partial charge is 0.454 e. The summed E-state index contributed by atoms with van der Waals surface area (Å²) in [7, 11) is 0. The molecule has 2 aliphatic heterocycles. The minimum atomic E-state index is 0.332. The minimum absolute atomic E-state index is 0.332. The molecule has 1 saturated heterocycles. The maximum Gasteiger partial charge on any atom is 0.231 e. The molecule has 0 unspecified atom stereocenters. The molecule has 0 atom stereocenters. The molecule has 5 rings (SSSR count). The molecule has 0 saturated carbocycles. The van der Waals surface area contributed by atoms with E-state index in [1.165, 1.54) is 21.4 Å². The quantitative estimate of drug-likeness (QED) is 0.686. The van der Waals surface area contributed by atoms with Gasteiger partial charge in [0, 0.05) is 32.7 Å². The molecule has 0 N–H and O–H groups in total. The molecule has 1 fully saturated rings. The second kappa shape index (κ2) is 6.69. The van der Waals surface area contributed by atoms with E-state index >= 15 is 0 Å². The van der Waals surface area contributed by atoms with Crippen LogP contribution in [-0.4, -0.2) is 42.9 Å². The Labute approximate surface area is 163 Å². The summed E-state index contributed by atoms with van der Waals surface area (Å²) in [5.74, 6) is 1.72. The summed E-state index contributed by atoms with van der Waals surface area (Å²) < 4.78 is 12.2. The Bertz CT molecular complexity index is 993. The molecule has 3 heterocycles. The summed E-state index contributed by atoms with van der Waals surface area (Å²) in [5, 5.41) is 1.15. The number of aryl methyl sites for hydroxylation is 2. The van der Waals surface area contributed by atoms with Gasteiger partial charge in [-0.25, -0.2) is 4.98 Å². The summed E-state index contributed by atoms with van der Waals surface area (Å²) in [4.78, 5) is 9.84. The molecule has 2 aliphatic rings. The number of benzene rings is 2. The Kier molecular flexibility index (Phi) is 4.17. The lowest BCUT2D eigenvalue weighted by molar-refractivity contribution is 0.174. The van der Waals surface area contributed by atoms with Crippen molar-refractivity contribution < 1.29 is 9.47 Å². The third-order valence-corrected chi connectivity index (χ3v) is 6.37. The van der Waals surface area contributed by atoms with Crippen LogP contribution >= 0.6 is 11.3 Å². The Morgan fingerprint density at radius 1 is 1.00 bits per heavy atom. The van der Waals surface area contributed by atoms with Crippen LogP contribution in [0.5, 0.6) is 11.5 Å². The second-order valence-electron chi connectivity index (χ2n) is 7.38. The number of nitrogens with zero attached hydrogens (tertiary/aromatic N) is 3. The smallest absolute Gasteiger partial charge is 0.231 e. The molecule has 0 aliphatic carbocycles. The van der Waals surface area contributed by atoms with Crippen molar-refractivity contribution in [3.63, 3.8) is 0 Å². The number of rotatable bonds is 3. The van der Waals surface area contributed by atoms with Crippen molar-refractivity contribution in [3.05, 3.63) is 47.0 Å². The van der Waals surface area contributed by atoms with Gasteiger partial charge in [0.05, 0.1) is 10.2 Å². The van der Waals surface area contributed by atoms with Gasteiger partial charge in [-0.15, -0.1) is 0 Å². The number of hydrogen-bond donors (Lipinski definition) is 0. The highest BCUT2D eigenvalue weighted by molar-refractivity contribution is 7.22. The fourth-order valence-corrected chi connectivity index (χ4v) is 5.08. The van der Waals surface area contributed by atoms with E-state index in [1.54, 1.807) is 0 Å². The van der Waals surface area contributed by atoms with E-state index in [1.807, 2.05) is 17.4 Å². The lowest BCUT2D eigenvalue weighted by Gasteiger charge is -2.34. The highest BCUT2D eigenvalue weighted by Crippen LogP contribution is 2.34. The van der Waals surface area contributed by atoms with Crippen LogP contribution in [0.1, 0.15) is 16.7 Å². The van der Waals surface area contributed by atoms with Gasteiger partial charge in [0.2, 0.25) is 6.79 Å². The van der Waals surface area contributed by atoms with Crippen LogP contribution in [-0.2, 0) is 6.54 Å². The number of anilines is 1. The average molecular weight is 382 g/mol. The summed E-state index contributed by atoms with van der Waals surface area (Å²) >= 11 is 1.82. The lowest BCUT2D eigenvalue weighted by Crippen LogP contribution is -2.45. The monoisotopic (exact) mass is 381 g/mol. The van der Waals surface area contributed by atoms with Gasteiger partial charge >= 0.3 is 0 Å². The molecule has 140 valence electrons. The Morgan fingerprint density at radius 3 is 2.67 bits per heavy atom. The Hall–Kier alpha value is -2.31. The van der Waals surface area contributed by atoms with Crippen molar-refractivity contribution in [2.24, 2.45) is 0 Å². The average Bonchev–Trinajstić information content (AvgIpc) is 3.28. The van der Waals surface area contributed by atoms with Crippen LogP contribution in [0.3, 0.4) is 0 Å². The maximum absolute atomic E-state index is 5.49. The zero-order valence-corrected chi connectivity index (χ0v) is 16.5. The van der Waals surface area contributed by atoms with Crippen LogP contribution in [0, 0.1) is 13.8 Å². The van der Waals surface area contributed by atoms with Gasteiger partial charge in [-0.1, -0.05) is 23.5 Å². The van der Waals surface area contributed by atoms with Gasteiger partial charge in [0.1, 0.15) is 0 Å². The van der Waals surface area contributed by atoms with Crippen molar-refractivity contribution in [1.82, 2.24) is 9.88 Å². The number of thiazole rings is 1. The summed E-state index contributed by atoms with van der Waals surface area (Å²) in [6.45, 7) is 9.71. The molecule has 3 aromatic rings. The van der Waals surface area contributed by atoms with Crippen molar-refractivity contribution >= 4 is 26.7 Å². The van der Waals surface area contributed by atoms with Crippen molar-refractivity contribution in [2.75, 3.05) is 37.9 Å². The third-order valence-electron chi connectivity index (χ3n) is 5.30. The number of aromatic nitrogens is 1. The molecule has 1 aromatic heterocycles. The SMILES string of the molecule is Cc1cc(C)c2nc(N3CCN(Cc4ccc5c(c4)OCO5)CC3)sc2c1. The first-order valence-corrected chi connectivity index (χ1v) is 10.2. The molecule has 0 amide bonds. The zero-order valence-electron chi connectivity index (χ0n) is 15.7. The zero-order chi connectivity index (χ0) is 18.4. The molecule has 6 heteroatoms. The van der Waals surface area contributed by atoms with Gasteiger partial charge in [-0.2, -0.15) is 0 Å². The fraction of sp³-hybridized carbons (Fsp3) is 0.381. The second-order valence-corrected chi connectivity index (χ2v) is 8.38. The third kappa shape index (κ3) is 3.24. The van der Waals surface area contributed by atoms with E-state index in [9.17, 15) is 0 Å². The van der Waals surface area contributed by atoms with Gasteiger partial charge in [-0.3, -0.25) is 4.90 Å². The van der Waals surface area contributed by atoms with Crippen LogP contribution < -0.4 is 14.4 Å². The van der Waals surface area contributed by atoms with E-state index in [4.69, 9.17) is 14.5 Å². The predicted octanol–water partition coefficient (Wildman–Crippen LogP) is 3.96. The van der Waals surface area contributed by atoms with E-state index < -0.39 is 0 Å². The molecule has 0 bridgehead atoms. The molecule has 27 heavy (non-hydrogen) atoms. The van der Waals surface area contributed by atoms with Crippen molar-refractivity contribution in [2.45, 2.75) is 20.4 Å². The van der Waals surface area contributed by atoms with Crippen LogP contribution in [0.2, 0.25) is 0 Å². The van der Waals surface area contributed by atoms with Gasteiger partial charge in [0.25, 0.3) is 0 Å². The van der Waals surface area contributed by atoms with E-state index in [-0.39, 0.29) is 0 Å². The van der Waals surface area contributed by atoms with Crippen LogP contribution in [0.25, 0.3) is 10.2 Å². The predicted molar refractivity (Wildman–Crippen MR) is 109 cm³/mol. The van der Waals surface area contributed by atoms with E-state index in [0.717, 1.165) is 54.9 Å². The van der Waals surface area contributed by atoms with Gasteiger partial charge < -0.3 is 14.4 Å². The molecular weight excluding hydrogens is 358 g/mol. The normalized spacial score (nSPS) is 17.0. The minimum Gasteiger partial charge on any atom is -0.454 e. The molecule has 2 aromatic carbocycles. The standard InChI is InChI=1S/C21H23N3O2S/c1-14-9-15(2)20-19(10-14)27-21(22-20)24-7-5-23(6-8-24)12-16-3-4-17-18(11-16)26-13-25-17/h3-4,9-11H,5-8,12-13H2,1-2H3. The molecule has 0 radical (unpaired) electrons. The highest BCUT2D eigenvalue weighted by Gasteiger charge is 2.21. The first kappa shape index (κ1) is 16.8. The Balaban J connectivity index is 1.26. The fourth-order valence-electron chi connectivity index (χ4n) is 3.89. The molecule has 5 nitrogen and oxygen atoms in total. The molecular formula is C21H23N3O2S. The number of piperazine rings is 1.